The molecule has 0 fully saturated rings. The Morgan fingerprint density at radius 1 is 1.38 bits per heavy atom. The molecule has 88 valence electrons. The van der Waals surface area contributed by atoms with Gasteiger partial charge in [-0.05, 0) is 31.5 Å². The Kier molecular flexibility index (Phi) is 3.93. The molecule has 0 bridgehead atoms. The normalized spacial score (nSPS) is 12.7. The van der Waals surface area contributed by atoms with Crippen molar-refractivity contribution in [1.82, 2.24) is 0 Å². The molecular weight excluding hydrogens is 219 g/mol. The molecular formula is C11H12F3NO. The van der Waals surface area contributed by atoms with Gasteiger partial charge in [0.05, 0.1) is 11.3 Å². The molecule has 0 heterocycles. The molecule has 0 radical (unpaired) electrons. The Morgan fingerprint density at radius 2 is 2.06 bits per heavy atom. The smallest absolute Gasteiger partial charge is 0.396 e. The quantitative estimate of drug-likeness (QED) is 0.576. The van der Waals surface area contributed by atoms with Gasteiger partial charge in [-0.15, -0.1) is 0 Å². The number of halogens is 3. The van der Waals surface area contributed by atoms with Crippen LogP contribution in [0, 0.1) is 0 Å². The molecule has 1 aromatic rings. The minimum atomic E-state index is -4.33. The van der Waals surface area contributed by atoms with Crippen LogP contribution in [0.3, 0.4) is 0 Å². The molecule has 0 aromatic heterocycles. The van der Waals surface area contributed by atoms with Gasteiger partial charge in [0.2, 0.25) is 0 Å². The first-order chi connectivity index (χ1) is 7.45. The van der Waals surface area contributed by atoms with E-state index in [1.807, 2.05) is 0 Å². The zero-order chi connectivity index (χ0) is 12.2. The van der Waals surface area contributed by atoms with Crippen LogP contribution in [0.5, 0.6) is 0 Å². The lowest BCUT2D eigenvalue weighted by Gasteiger charge is -2.08. The van der Waals surface area contributed by atoms with Gasteiger partial charge in [0.25, 0.3) is 0 Å². The number of oxime groups is 1. The van der Waals surface area contributed by atoms with E-state index in [2.05, 4.69) is 5.16 Å². The number of hydrogen-bond donors (Lipinski definition) is 0. The fourth-order valence-corrected chi connectivity index (χ4v) is 1.13. The van der Waals surface area contributed by atoms with Gasteiger partial charge in [0.1, 0.15) is 6.61 Å². The third kappa shape index (κ3) is 3.25. The van der Waals surface area contributed by atoms with Crippen molar-refractivity contribution in [2.45, 2.75) is 20.0 Å². The van der Waals surface area contributed by atoms with E-state index in [0.29, 0.717) is 17.9 Å². The lowest BCUT2D eigenvalue weighted by Crippen LogP contribution is -2.06. The molecule has 0 N–H and O–H groups in total. The first-order valence-corrected chi connectivity index (χ1v) is 4.79. The fourth-order valence-electron chi connectivity index (χ4n) is 1.13. The molecule has 0 saturated carbocycles. The highest BCUT2D eigenvalue weighted by Gasteiger charge is 2.30. The molecule has 0 spiro atoms. The maximum Gasteiger partial charge on any atom is 0.416 e. The van der Waals surface area contributed by atoms with Gasteiger partial charge >= 0.3 is 6.18 Å². The monoisotopic (exact) mass is 231 g/mol. The number of alkyl halides is 3. The lowest BCUT2D eigenvalue weighted by atomic mass is 10.1. The van der Waals surface area contributed by atoms with Crippen molar-refractivity contribution in [1.29, 1.82) is 0 Å². The highest BCUT2D eigenvalue weighted by molar-refractivity contribution is 5.98. The largest absolute Gasteiger partial charge is 0.416 e. The minimum absolute atomic E-state index is 0.385. The summed E-state index contributed by atoms with van der Waals surface area (Å²) >= 11 is 0. The molecule has 0 aliphatic carbocycles. The van der Waals surface area contributed by atoms with Crippen LogP contribution in [0.4, 0.5) is 13.2 Å². The summed E-state index contributed by atoms with van der Waals surface area (Å²) in [6.07, 6.45) is -4.33. The summed E-state index contributed by atoms with van der Waals surface area (Å²) in [5.41, 5.74) is 0.146. The fraction of sp³-hybridized carbons (Fsp3) is 0.364. The second kappa shape index (κ2) is 5.01. The van der Waals surface area contributed by atoms with E-state index < -0.39 is 11.7 Å². The van der Waals surface area contributed by atoms with Crippen molar-refractivity contribution in [3.05, 3.63) is 35.4 Å². The summed E-state index contributed by atoms with van der Waals surface area (Å²) in [6.45, 7) is 3.74. The average molecular weight is 231 g/mol. The molecule has 0 amide bonds. The van der Waals surface area contributed by atoms with E-state index in [-0.39, 0.29) is 0 Å². The molecule has 16 heavy (non-hydrogen) atoms. The number of benzene rings is 1. The van der Waals surface area contributed by atoms with E-state index in [4.69, 9.17) is 4.84 Å². The van der Waals surface area contributed by atoms with Gasteiger partial charge in [-0.3, -0.25) is 0 Å². The first kappa shape index (κ1) is 12.5. The van der Waals surface area contributed by atoms with E-state index in [1.165, 1.54) is 6.07 Å². The Morgan fingerprint density at radius 3 is 2.62 bits per heavy atom. The van der Waals surface area contributed by atoms with Crippen molar-refractivity contribution in [3.8, 4) is 0 Å². The standard InChI is InChI=1S/C11H12F3NO/c1-3-16-15-8(2)9-5-4-6-10(7-9)11(12,13)14/h4-7H,3H2,1-2H3. The zero-order valence-corrected chi connectivity index (χ0v) is 9.01. The highest BCUT2D eigenvalue weighted by Crippen LogP contribution is 2.29. The van der Waals surface area contributed by atoms with Gasteiger partial charge in [-0.25, -0.2) is 0 Å². The SMILES string of the molecule is CCON=C(C)c1cccc(C(F)(F)F)c1. The Hall–Kier alpha value is -1.52. The Labute approximate surface area is 91.7 Å². The Balaban J connectivity index is 2.99. The molecule has 0 aliphatic rings. The number of nitrogens with zero attached hydrogens (tertiary/aromatic N) is 1. The summed E-state index contributed by atoms with van der Waals surface area (Å²) in [5, 5.41) is 3.69. The molecule has 0 saturated heterocycles. The molecule has 0 atom stereocenters. The van der Waals surface area contributed by atoms with Crippen LogP contribution >= 0.6 is 0 Å². The molecule has 1 rings (SSSR count). The van der Waals surface area contributed by atoms with Crippen molar-refractivity contribution >= 4 is 5.71 Å². The average Bonchev–Trinajstić information content (AvgIpc) is 2.25. The Bertz CT molecular complexity index is 385. The van der Waals surface area contributed by atoms with Crippen LogP contribution in [0.25, 0.3) is 0 Å². The molecule has 0 unspecified atom stereocenters. The van der Waals surface area contributed by atoms with E-state index >= 15 is 0 Å². The van der Waals surface area contributed by atoms with Crippen LogP contribution in [0.15, 0.2) is 29.4 Å². The van der Waals surface area contributed by atoms with Crippen molar-refractivity contribution in [3.63, 3.8) is 0 Å². The van der Waals surface area contributed by atoms with Gasteiger partial charge in [0.15, 0.2) is 0 Å². The molecule has 0 aliphatic heterocycles. The van der Waals surface area contributed by atoms with Gasteiger partial charge in [-0.2, -0.15) is 13.2 Å². The second-order valence-electron chi connectivity index (χ2n) is 3.17. The molecule has 5 heteroatoms. The van der Waals surface area contributed by atoms with E-state index in [0.717, 1.165) is 12.1 Å². The van der Waals surface area contributed by atoms with Crippen molar-refractivity contribution in [2.24, 2.45) is 5.16 Å². The number of hydrogen-bond acceptors (Lipinski definition) is 2. The zero-order valence-electron chi connectivity index (χ0n) is 9.01. The van der Waals surface area contributed by atoms with Gasteiger partial charge < -0.3 is 4.84 Å². The molecule has 1 aromatic carbocycles. The van der Waals surface area contributed by atoms with Crippen LogP contribution in [-0.2, 0) is 11.0 Å². The lowest BCUT2D eigenvalue weighted by molar-refractivity contribution is -0.137. The van der Waals surface area contributed by atoms with Crippen LogP contribution in [0.1, 0.15) is 25.0 Å². The third-order valence-electron chi connectivity index (χ3n) is 1.94. The van der Waals surface area contributed by atoms with Crippen molar-refractivity contribution in [2.75, 3.05) is 6.61 Å². The van der Waals surface area contributed by atoms with Gasteiger partial charge in [0, 0.05) is 0 Å². The molecule has 2 nitrogen and oxygen atoms in total. The summed E-state index contributed by atoms with van der Waals surface area (Å²) in [5.74, 6) is 0. The summed E-state index contributed by atoms with van der Waals surface area (Å²) in [7, 11) is 0. The summed E-state index contributed by atoms with van der Waals surface area (Å²) < 4.78 is 37.2. The summed E-state index contributed by atoms with van der Waals surface area (Å²) in [6, 6.07) is 4.99. The van der Waals surface area contributed by atoms with Crippen molar-refractivity contribution < 1.29 is 18.0 Å². The topological polar surface area (TPSA) is 21.6 Å². The van der Waals surface area contributed by atoms with Crippen LogP contribution in [0.2, 0.25) is 0 Å². The van der Waals surface area contributed by atoms with Crippen LogP contribution in [-0.4, -0.2) is 12.3 Å². The highest BCUT2D eigenvalue weighted by atomic mass is 19.4. The third-order valence-corrected chi connectivity index (χ3v) is 1.94. The van der Waals surface area contributed by atoms with E-state index in [9.17, 15) is 13.2 Å². The minimum Gasteiger partial charge on any atom is -0.396 e. The van der Waals surface area contributed by atoms with E-state index in [1.54, 1.807) is 19.9 Å². The van der Waals surface area contributed by atoms with Gasteiger partial charge in [-0.1, -0.05) is 17.3 Å². The predicted molar refractivity (Wildman–Crippen MR) is 55.3 cm³/mol. The summed E-state index contributed by atoms with van der Waals surface area (Å²) in [4.78, 5) is 4.78. The number of rotatable bonds is 3. The second-order valence-corrected chi connectivity index (χ2v) is 3.17. The van der Waals surface area contributed by atoms with Crippen LogP contribution < -0.4 is 0 Å². The maximum atomic E-state index is 12.4. The first-order valence-electron chi connectivity index (χ1n) is 4.79. The predicted octanol–water partition coefficient (Wildman–Crippen LogP) is 3.47. The maximum absolute atomic E-state index is 12.4.